The standard InChI is InChI=1S/C11H22O4Si/c1-9(15-10(12)13)7-8-14-16(5,6)11(2,3)4/h1,7-8H2,2-6H3,(H,12,13). The number of rotatable bonds is 5. The highest BCUT2D eigenvalue weighted by Crippen LogP contribution is 2.36. The molecule has 0 unspecified atom stereocenters. The summed E-state index contributed by atoms with van der Waals surface area (Å²) in [5.41, 5.74) is 0. The van der Waals surface area contributed by atoms with E-state index in [9.17, 15) is 4.79 Å². The maximum Gasteiger partial charge on any atom is 0.510 e. The summed E-state index contributed by atoms with van der Waals surface area (Å²) in [6.45, 7) is 14.7. The molecule has 0 aliphatic heterocycles. The van der Waals surface area contributed by atoms with Gasteiger partial charge >= 0.3 is 6.16 Å². The van der Waals surface area contributed by atoms with Gasteiger partial charge in [0.1, 0.15) is 5.76 Å². The van der Waals surface area contributed by atoms with Crippen molar-refractivity contribution in [1.29, 1.82) is 0 Å². The number of carbonyl (C=O) groups is 1. The Labute approximate surface area is 98.4 Å². The van der Waals surface area contributed by atoms with Gasteiger partial charge < -0.3 is 14.3 Å². The van der Waals surface area contributed by atoms with Gasteiger partial charge in [0.2, 0.25) is 0 Å². The molecule has 0 bridgehead atoms. The van der Waals surface area contributed by atoms with Crippen LogP contribution in [0.2, 0.25) is 18.1 Å². The summed E-state index contributed by atoms with van der Waals surface area (Å²) in [5.74, 6) is 0.228. The molecule has 0 saturated heterocycles. The molecule has 1 N–H and O–H groups in total. The summed E-state index contributed by atoms with van der Waals surface area (Å²) >= 11 is 0. The van der Waals surface area contributed by atoms with Crippen molar-refractivity contribution in [3.05, 3.63) is 12.3 Å². The minimum absolute atomic E-state index is 0.155. The maximum atomic E-state index is 10.2. The van der Waals surface area contributed by atoms with Gasteiger partial charge in [-0.05, 0) is 18.1 Å². The highest BCUT2D eigenvalue weighted by atomic mass is 28.4. The van der Waals surface area contributed by atoms with Crippen molar-refractivity contribution in [3.8, 4) is 0 Å². The topological polar surface area (TPSA) is 55.8 Å². The molecular weight excluding hydrogens is 224 g/mol. The Bertz CT molecular complexity index is 266. The molecule has 0 heterocycles. The van der Waals surface area contributed by atoms with Crippen LogP contribution in [0.5, 0.6) is 0 Å². The fourth-order valence-corrected chi connectivity index (χ4v) is 1.86. The zero-order valence-corrected chi connectivity index (χ0v) is 11.8. The van der Waals surface area contributed by atoms with Crippen LogP contribution in [0.1, 0.15) is 27.2 Å². The summed E-state index contributed by atoms with van der Waals surface area (Å²) in [6.07, 6.45) is -0.906. The van der Waals surface area contributed by atoms with Gasteiger partial charge in [0.25, 0.3) is 0 Å². The van der Waals surface area contributed by atoms with Crippen LogP contribution in [0.4, 0.5) is 4.79 Å². The number of hydrogen-bond acceptors (Lipinski definition) is 3. The first kappa shape index (κ1) is 15.2. The molecule has 0 fully saturated rings. The highest BCUT2D eigenvalue weighted by molar-refractivity contribution is 6.74. The highest BCUT2D eigenvalue weighted by Gasteiger charge is 2.36. The molecule has 0 radical (unpaired) electrons. The lowest BCUT2D eigenvalue weighted by atomic mass is 10.2. The predicted octanol–water partition coefficient (Wildman–Crippen LogP) is 3.61. The van der Waals surface area contributed by atoms with Crippen LogP contribution in [0.25, 0.3) is 0 Å². The molecule has 0 aliphatic rings. The van der Waals surface area contributed by atoms with Gasteiger partial charge in [-0.2, -0.15) is 0 Å². The minimum Gasteiger partial charge on any atom is -0.449 e. The Kier molecular flexibility index (Phi) is 5.22. The lowest BCUT2D eigenvalue weighted by Crippen LogP contribution is -2.41. The van der Waals surface area contributed by atoms with E-state index in [1.807, 2.05) is 0 Å². The number of carboxylic acid groups (broad SMARTS) is 1. The summed E-state index contributed by atoms with van der Waals surface area (Å²) in [5, 5.41) is 8.51. The molecule has 0 saturated carbocycles. The Morgan fingerprint density at radius 1 is 1.38 bits per heavy atom. The lowest BCUT2D eigenvalue weighted by molar-refractivity contribution is 0.114. The van der Waals surface area contributed by atoms with E-state index in [0.29, 0.717) is 13.0 Å². The lowest BCUT2D eigenvalue weighted by Gasteiger charge is -2.36. The second-order valence-electron chi connectivity index (χ2n) is 5.27. The molecule has 16 heavy (non-hydrogen) atoms. The second kappa shape index (κ2) is 5.50. The quantitative estimate of drug-likeness (QED) is 0.457. The van der Waals surface area contributed by atoms with Gasteiger partial charge in [0.15, 0.2) is 8.32 Å². The zero-order valence-electron chi connectivity index (χ0n) is 10.8. The number of hydrogen-bond donors (Lipinski definition) is 1. The van der Waals surface area contributed by atoms with Crippen LogP contribution in [-0.4, -0.2) is 26.2 Å². The monoisotopic (exact) mass is 246 g/mol. The SMILES string of the molecule is C=C(CCO[Si](C)(C)C(C)(C)C)OC(=O)O. The summed E-state index contributed by atoms with van der Waals surface area (Å²) in [4.78, 5) is 10.2. The zero-order chi connectivity index (χ0) is 13.0. The van der Waals surface area contributed by atoms with E-state index in [1.165, 1.54) is 0 Å². The summed E-state index contributed by atoms with van der Waals surface area (Å²) < 4.78 is 10.3. The van der Waals surface area contributed by atoms with Gasteiger partial charge in [0, 0.05) is 13.0 Å². The first-order chi connectivity index (χ1) is 7.06. The fraction of sp³-hybridized carbons (Fsp3) is 0.727. The van der Waals surface area contributed by atoms with E-state index >= 15 is 0 Å². The number of ether oxygens (including phenoxy) is 1. The average Bonchev–Trinajstić information content (AvgIpc) is 1.99. The van der Waals surface area contributed by atoms with E-state index in [-0.39, 0.29) is 10.8 Å². The normalized spacial score (nSPS) is 12.3. The second-order valence-corrected chi connectivity index (χ2v) is 10.1. The Morgan fingerprint density at radius 3 is 2.25 bits per heavy atom. The van der Waals surface area contributed by atoms with Gasteiger partial charge in [-0.1, -0.05) is 27.4 Å². The molecule has 0 spiro atoms. The first-order valence-corrected chi connectivity index (χ1v) is 8.19. The Morgan fingerprint density at radius 2 is 1.88 bits per heavy atom. The molecule has 4 nitrogen and oxygen atoms in total. The van der Waals surface area contributed by atoms with Crippen LogP contribution in [0.3, 0.4) is 0 Å². The van der Waals surface area contributed by atoms with E-state index < -0.39 is 14.5 Å². The molecule has 0 aromatic rings. The third kappa shape index (κ3) is 5.32. The molecular formula is C11H22O4Si. The van der Waals surface area contributed by atoms with E-state index in [1.54, 1.807) is 0 Å². The summed E-state index contributed by atoms with van der Waals surface area (Å²) in [6, 6.07) is 0. The molecule has 94 valence electrons. The van der Waals surface area contributed by atoms with Gasteiger partial charge in [-0.25, -0.2) is 4.79 Å². The molecule has 0 aromatic heterocycles. The molecule has 0 atom stereocenters. The molecule has 5 heteroatoms. The minimum atomic E-state index is -1.76. The molecule has 0 aliphatic carbocycles. The van der Waals surface area contributed by atoms with Gasteiger partial charge in [0.05, 0.1) is 0 Å². The van der Waals surface area contributed by atoms with Crippen molar-refractivity contribution >= 4 is 14.5 Å². The Hall–Kier alpha value is -0.813. The van der Waals surface area contributed by atoms with Crippen molar-refractivity contribution in [2.24, 2.45) is 0 Å². The third-order valence-electron chi connectivity index (χ3n) is 2.88. The smallest absolute Gasteiger partial charge is 0.449 e. The van der Waals surface area contributed by atoms with Gasteiger partial charge in [-0.3, -0.25) is 0 Å². The molecule has 0 aromatic carbocycles. The van der Waals surface area contributed by atoms with Crippen LogP contribution in [-0.2, 0) is 9.16 Å². The largest absolute Gasteiger partial charge is 0.510 e. The molecule has 0 amide bonds. The van der Waals surface area contributed by atoms with Crippen molar-refractivity contribution in [1.82, 2.24) is 0 Å². The van der Waals surface area contributed by atoms with Crippen molar-refractivity contribution in [2.45, 2.75) is 45.3 Å². The van der Waals surface area contributed by atoms with Crippen molar-refractivity contribution in [3.63, 3.8) is 0 Å². The van der Waals surface area contributed by atoms with Crippen molar-refractivity contribution in [2.75, 3.05) is 6.61 Å². The van der Waals surface area contributed by atoms with Crippen LogP contribution < -0.4 is 0 Å². The van der Waals surface area contributed by atoms with Crippen LogP contribution >= 0.6 is 0 Å². The van der Waals surface area contributed by atoms with Gasteiger partial charge in [-0.15, -0.1) is 0 Å². The van der Waals surface area contributed by atoms with E-state index in [2.05, 4.69) is 45.2 Å². The van der Waals surface area contributed by atoms with Crippen molar-refractivity contribution < 1.29 is 19.1 Å². The molecule has 0 rings (SSSR count). The van der Waals surface area contributed by atoms with Crippen LogP contribution in [0.15, 0.2) is 12.3 Å². The van der Waals surface area contributed by atoms with E-state index in [4.69, 9.17) is 9.53 Å². The predicted molar refractivity (Wildman–Crippen MR) is 66.0 cm³/mol. The first-order valence-electron chi connectivity index (χ1n) is 5.29. The van der Waals surface area contributed by atoms with Crippen LogP contribution in [0, 0.1) is 0 Å². The maximum absolute atomic E-state index is 10.2. The summed E-state index contributed by atoms with van der Waals surface area (Å²) in [7, 11) is -1.76. The average molecular weight is 246 g/mol. The fourth-order valence-electron chi connectivity index (χ4n) is 0.811. The Balaban J connectivity index is 3.99. The van der Waals surface area contributed by atoms with E-state index in [0.717, 1.165) is 0 Å². The third-order valence-corrected chi connectivity index (χ3v) is 7.42.